The molecule has 1 fully saturated rings. The van der Waals surface area contributed by atoms with Crippen molar-refractivity contribution in [3.8, 4) is 0 Å². The van der Waals surface area contributed by atoms with E-state index in [0.29, 0.717) is 24.8 Å². The Kier molecular flexibility index (Phi) is 4.47. The number of rotatable bonds is 5. The fourth-order valence-corrected chi connectivity index (χ4v) is 2.97. The van der Waals surface area contributed by atoms with Gasteiger partial charge in [-0.2, -0.15) is 4.98 Å². The molecule has 1 unspecified atom stereocenters. The zero-order valence-electron chi connectivity index (χ0n) is 12.6. The van der Waals surface area contributed by atoms with E-state index in [1.54, 1.807) is 0 Å². The van der Waals surface area contributed by atoms with Crippen LogP contribution in [0, 0.1) is 17.6 Å². The van der Waals surface area contributed by atoms with Crippen LogP contribution in [-0.2, 0) is 19.4 Å². The van der Waals surface area contributed by atoms with Crippen molar-refractivity contribution in [3.63, 3.8) is 0 Å². The summed E-state index contributed by atoms with van der Waals surface area (Å²) in [5.41, 5.74) is 0.718. The zero-order valence-corrected chi connectivity index (χ0v) is 12.6. The summed E-state index contributed by atoms with van der Waals surface area (Å²) >= 11 is 0. The first-order valence-corrected chi connectivity index (χ1v) is 7.61. The van der Waals surface area contributed by atoms with Crippen LogP contribution in [0.2, 0.25) is 0 Å². The van der Waals surface area contributed by atoms with E-state index in [9.17, 15) is 8.78 Å². The summed E-state index contributed by atoms with van der Waals surface area (Å²) in [7, 11) is 0. The monoisotopic (exact) mass is 307 g/mol. The predicted molar refractivity (Wildman–Crippen MR) is 77.1 cm³/mol. The quantitative estimate of drug-likeness (QED) is 0.851. The van der Waals surface area contributed by atoms with E-state index in [-0.39, 0.29) is 0 Å². The minimum absolute atomic E-state index is 0.398. The Morgan fingerprint density at radius 1 is 1.27 bits per heavy atom. The Hall–Kier alpha value is -1.82. The molecule has 1 aliphatic rings. The lowest BCUT2D eigenvalue weighted by Gasteiger charge is -2.13. The fourth-order valence-electron chi connectivity index (χ4n) is 2.97. The van der Waals surface area contributed by atoms with E-state index in [1.807, 2.05) is 6.92 Å². The molecule has 0 saturated carbocycles. The van der Waals surface area contributed by atoms with Crippen LogP contribution >= 0.6 is 0 Å². The van der Waals surface area contributed by atoms with Gasteiger partial charge in [-0.25, -0.2) is 8.78 Å². The third kappa shape index (κ3) is 3.68. The molecule has 1 aromatic heterocycles. The Bertz CT molecular complexity index is 624. The number of benzene rings is 1. The van der Waals surface area contributed by atoms with Crippen molar-refractivity contribution in [2.24, 2.45) is 5.92 Å². The second kappa shape index (κ2) is 6.52. The Morgan fingerprint density at radius 3 is 2.73 bits per heavy atom. The van der Waals surface area contributed by atoms with Gasteiger partial charge in [-0.3, -0.25) is 4.90 Å². The van der Waals surface area contributed by atoms with E-state index in [1.165, 1.54) is 12.1 Å². The number of aryl methyl sites for hydroxylation is 1. The molecule has 6 heteroatoms. The van der Waals surface area contributed by atoms with Crippen LogP contribution in [-0.4, -0.2) is 28.1 Å². The van der Waals surface area contributed by atoms with Crippen LogP contribution in [0.5, 0.6) is 0 Å². The first-order chi connectivity index (χ1) is 10.6. The normalized spacial score (nSPS) is 19.0. The summed E-state index contributed by atoms with van der Waals surface area (Å²) in [6, 6.07) is 3.74. The van der Waals surface area contributed by atoms with Gasteiger partial charge in [-0.15, -0.1) is 0 Å². The van der Waals surface area contributed by atoms with Gasteiger partial charge >= 0.3 is 0 Å². The average molecular weight is 307 g/mol. The van der Waals surface area contributed by atoms with Crippen LogP contribution in [0.15, 0.2) is 22.7 Å². The highest BCUT2D eigenvalue weighted by atomic mass is 19.1. The van der Waals surface area contributed by atoms with Crippen LogP contribution < -0.4 is 0 Å². The van der Waals surface area contributed by atoms with E-state index in [4.69, 9.17) is 4.52 Å². The van der Waals surface area contributed by atoms with Crippen molar-refractivity contribution in [1.29, 1.82) is 0 Å². The summed E-state index contributed by atoms with van der Waals surface area (Å²) in [5, 5.41) is 3.89. The molecule has 3 rings (SSSR count). The molecule has 1 saturated heterocycles. The molecule has 0 amide bonds. The van der Waals surface area contributed by atoms with Gasteiger partial charge in [0.2, 0.25) is 5.89 Å². The lowest BCUT2D eigenvalue weighted by atomic mass is 9.98. The summed E-state index contributed by atoms with van der Waals surface area (Å²) in [4.78, 5) is 6.55. The van der Waals surface area contributed by atoms with E-state index >= 15 is 0 Å². The summed E-state index contributed by atoms with van der Waals surface area (Å²) < 4.78 is 31.6. The van der Waals surface area contributed by atoms with Crippen molar-refractivity contribution >= 4 is 0 Å². The van der Waals surface area contributed by atoms with Gasteiger partial charge in [0.1, 0.15) is 11.6 Å². The molecule has 1 aliphatic heterocycles. The van der Waals surface area contributed by atoms with E-state index < -0.39 is 11.6 Å². The highest BCUT2D eigenvalue weighted by Crippen LogP contribution is 2.23. The lowest BCUT2D eigenvalue weighted by molar-refractivity contribution is 0.259. The molecule has 0 N–H and O–H groups in total. The number of aromatic nitrogens is 2. The first-order valence-electron chi connectivity index (χ1n) is 7.61. The molecule has 0 radical (unpaired) electrons. The van der Waals surface area contributed by atoms with Crippen molar-refractivity contribution < 1.29 is 13.3 Å². The average Bonchev–Trinajstić information content (AvgIpc) is 3.07. The molecule has 0 bridgehead atoms. The maximum atomic E-state index is 13.2. The van der Waals surface area contributed by atoms with Crippen molar-refractivity contribution in [1.82, 2.24) is 15.0 Å². The van der Waals surface area contributed by atoms with Gasteiger partial charge in [0.25, 0.3) is 0 Å². The molecule has 2 heterocycles. The summed E-state index contributed by atoms with van der Waals surface area (Å²) in [6.45, 7) is 4.44. The highest BCUT2D eigenvalue weighted by molar-refractivity contribution is 5.18. The Morgan fingerprint density at radius 2 is 2.05 bits per heavy atom. The summed E-state index contributed by atoms with van der Waals surface area (Å²) in [5.74, 6) is 0.732. The third-order valence-corrected chi connectivity index (χ3v) is 4.00. The van der Waals surface area contributed by atoms with Crippen molar-refractivity contribution in [2.45, 2.75) is 32.7 Å². The maximum absolute atomic E-state index is 13.2. The second-order valence-corrected chi connectivity index (χ2v) is 5.83. The molecule has 4 nitrogen and oxygen atoms in total. The van der Waals surface area contributed by atoms with E-state index in [0.717, 1.165) is 43.4 Å². The molecule has 1 aromatic carbocycles. The Balaban J connectivity index is 1.55. The maximum Gasteiger partial charge on any atom is 0.240 e. The fraction of sp³-hybridized carbons (Fsp3) is 0.500. The molecule has 0 aliphatic carbocycles. The van der Waals surface area contributed by atoms with Crippen LogP contribution in [0.1, 0.15) is 30.6 Å². The van der Waals surface area contributed by atoms with Crippen LogP contribution in [0.4, 0.5) is 8.78 Å². The molecule has 118 valence electrons. The molecular formula is C16H19F2N3O. The van der Waals surface area contributed by atoms with Gasteiger partial charge in [0.05, 0.1) is 6.54 Å². The smallest absolute Gasteiger partial charge is 0.240 e. The van der Waals surface area contributed by atoms with Gasteiger partial charge in [-0.1, -0.05) is 12.1 Å². The predicted octanol–water partition coefficient (Wildman–Crippen LogP) is 2.97. The minimum atomic E-state index is -0.511. The van der Waals surface area contributed by atoms with Gasteiger partial charge in [0.15, 0.2) is 5.82 Å². The number of hydrogen-bond acceptors (Lipinski definition) is 4. The van der Waals surface area contributed by atoms with Crippen LogP contribution in [0.25, 0.3) is 0 Å². The van der Waals surface area contributed by atoms with Gasteiger partial charge < -0.3 is 4.52 Å². The SMILES string of the molecule is CCc1noc(CN2CCC(Cc3cc(F)cc(F)c3)C2)n1. The third-order valence-electron chi connectivity index (χ3n) is 4.00. The minimum Gasteiger partial charge on any atom is -0.338 e. The van der Waals surface area contributed by atoms with Gasteiger partial charge in [0, 0.05) is 19.0 Å². The number of halogens is 2. The zero-order chi connectivity index (χ0) is 15.5. The van der Waals surface area contributed by atoms with Crippen molar-refractivity contribution in [2.75, 3.05) is 13.1 Å². The van der Waals surface area contributed by atoms with Crippen molar-refractivity contribution in [3.05, 3.63) is 47.1 Å². The number of hydrogen-bond donors (Lipinski definition) is 0. The number of nitrogens with zero attached hydrogens (tertiary/aromatic N) is 3. The van der Waals surface area contributed by atoms with Gasteiger partial charge in [-0.05, 0) is 43.0 Å². The lowest BCUT2D eigenvalue weighted by Crippen LogP contribution is -2.21. The molecule has 1 atom stereocenters. The highest BCUT2D eigenvalue weighted by Gasteiger charge is 2.24. The molecule has 0 spiro atoms. The van der Waals surface area contributed by atoms with Crippen LogP contribution in [0.3, 0.4) is 0 Å². The molecular weight excluding hydrogens is 288 g/mol. The van der Waals surface area contributed by atoms with E-state index in [2.05, 4.69) is 15.0 Å². The summed E-state index contributed by atoms with van der Waals surface area (Å²) in [6.07, 6.45) is 2.46. The molecule has 2 aromatic rings. The molecule has 22 heavy (non-hydrogen) atoms. The standard InChI is InChI=1S/C16H19F2N3O/c1-2-15-19-16(22-20-15)10-21-4-3-11(9-21)5-12-6-13(17)8-14(18)7-12/h6-8,11H,2-5,9-10H2,1H3. The number of likely N-dealkylation sites (tertiary alicyclic amines) is 1. The largest absolute Gasteiger partial charge is 0.338 e. The topological polar surface area (TPSA) is 42.2 Å². The Labute approximate surface area is 128 Å². The first kappa shape index (κ1) is 15.1. The second-order valence-electron chi connectivity index (χ2n) is 5.83.